The van der Waals surface area contributed by atoms with E-state index in [0.29, 0.717) is 0 Å². The van der Waals surface area contributed by atoms with Crippen LogP contribution in [0.4, 0.5) is 0 Å². The second-order valence-corrected chi connectivity index (χ2v) is 5.15. The van der Waals surface area contributed by atoms with Gasteiger partial charge in [-0.2, -0.15) is 0 Å². The highest BCUT2D eigenvalue weighted by Gasteiger charge is 2.19. The molecule has 1 heterocycles. The molecule has 3 nitrogen and oxygen atoms in total. The van der Waals surface area contributed by atoms with Crippen molar-refractivity contribution in [3.8, 4) is 0 Å². The number of hydrogen-bond donors (Lipinski definition) is 2. The van der Waals surface area contributed by atoms with Crippen LogP contribution in [0.15, 0.2) is 11.6 Å². The summed E-state index contributed by atoms with van der Waals surface area (Å²) < 4.78 is 0. The minimum Gasteiger partial charge on any atom is -0.355 e. The van der Waals surface area contributed by atoms with Gasteiger partial charge in [-0.25, -0.2) is 0 Å². The first-order valence-corrected chi connectivity index (χ1v) is 7.05. The summed E-state index contributed by atoms with van der Waals surface area (Å²) in [5, 5.41) is 6.37. The highest BCUT2D eigenvalue weighted by Crippen LogP contribution is 2.19. The van der Waals surface area contributed by atoms with E-state index in [-0.39, 0.29) is 11.9 Å². The molecule has 0 aromatic heterocycles. The molecule has 0 aromatic rings. The molecular weight excluding hydrogens is 212 g/mol. The van der Waals surface area contributed by atoms with Crippen molar-refractivity contribution in [2.45, 2.75) is 57.4 Å². The molecule has 0 saturated carbocycles. The second kappa shape index (κ2) is 6.80. The lowest BCUT2D eigenvalue weighted by atomic mass is 9.97. The molecule has 1 unspecified atom stereocenters. The predicted molar refractivity (Wildman–Crippen MR) is 69.8 cm³/mol. The fourth-order valence-electron chi connectivity index (χ4n) is 2.67. The van der Waals surface area contributed by atoms with Gasteiger partial charge in [0.25, 0.3) is 0 Å². The first-order chi connectivity index (χ1) is 8.36. The van der Waals surface area contributed by atoms with Gasteiger partial charge in [-0.1, -0.05) is 11.6 Å². The van der Waals surface area contributed by atoms with Crippen molar-refractivity contribution in [1.29, 1.82) is 0 Å². The quantitative estimate of drug-likeness (QED) is 0.734. The molecule has 2 aliphatic rings. The van der Waals surface area contributed by atoms with Gasteiger partial charge in [0.1, 0.15) is 0 Å². The third-order valence-corrected chi connectivity index (χ3v) is 3.76. The van der Waals surface area contributed by atoms with Crippen LogP contribution in [0.25, 0.3) is 0 Å². The lowest BCUT2D eigenvalue weighted by Gasteiger charge is -2.17. The Labute approximate surface area is 104 Å². The van der Waals surface area contributed by atoms with Gasteiger partial charge < -0.3 is 10.6 Å². The number of carbonyl (C=O) groups is 1. The van der Waals surface area contributed by atoms with E-state index in [9.17, 15) is 4.79 Å². The lowest BCUT2D eigenvalue weighted by Crippen LogP contribution is -2.43. The van der Waals surface area contributed by atoms with Crippen LogP contribution in [0.2, 0.25) is 0 Å². The molecule has 1 saturated heterocycles. The summed E-state index contributed by atoms with van der Waals surface area (Å²) >= 11 is 0. The summed E-state index contributed by atoms with van der Waals surface area (Å²) in [5.41, 5.74) is 1.58. The highest BCUT2D eigenvalue weighted by atomic mass is 16.2. The molecule has 1 atom stereocenters. The predicted octanol–water partition coefficient (Wildman–Crippen LogP) is 2.14. The number of nitrogens with one attached hydrogen (secondary N) is 2. The number of allylic oxidation sites excluding steroid dienone is 1. The monoisotopic (exact) mass is 236 g/mol. The number of hydrogen-bond acceptors (Lipinski definition) is 2. The van der Waals surface area contributed by atoms with Crippen molar-refractivity contribution in [2.75, 3.05) is 13.1 Å². The number of amides is 1. The zero-order valence-electron chi connectivity index (χ0n) is 10.6. The maximum Gasteiger partial charge on any atom is 0.237 e. The topological polar surface area (TPSA) is 41.1 Å². The van der Waals surface area contributed by atoms with E-state index in [1.807, 2.05) is 0 Å². The van der Waals surface area contributed by atoms with E-state index in [1.165, 1.54) is 25.7 Å². The van der Waals surface area contributed by atoms with Crippen LogP contribution in [0, 0.1) is 0 Å². The van der Waals surface area contributed by atoms with Gasteiger partial charge in [0, 0.05) is 6.54 Å². The summed E-state index contributed by atoms with van der Waals surface area (Å²) in [6, 6.07) is 0.0432. The van der Waals surface area contributed by atoms with Crippen molar-refractivity contribution >= 4 is 5.91 Å². The largest absolute Gasteiger partial charge is 0.355 e. The molecule has 0 aromatic carbocycles. The van der Waals surface area contributed by atoms with Crippen molar-refractivity contribution in [2.24, 2.45) is 0 Å². The second-order valence-electron chi connectivity index (χ2n) is 5.15. The Morgan fingerprint density at radius 3 is 3.06 bits per heavy atom. The molecule has 1 fully saturated rings. The van der Waals surface area contributed by atoms with Gasteiger partial charge in [-0.05, 0) is 57.9 Å². The Morgan fingerprint density at radius 1 is 1.29 bits per heavy atom. The van der Waals surface area contributed by atoms with Crippen molar-refractivity contribution in [3.05, 3.63) is 11.6 Å². The van der Waals surface area contributed by atoms with Crippen LogP contribution < -0.4 is 10.6 Å². The third kappa shape index (κ3) is 4.15. The molecule has 2 N–H and O–H groups in total. The Hall–Kier alpha value is -0.830. The van der Waals surface area contributed by atoms with E-state index in [4.69, 9.17) is 0 Å². The third-order valence-electron chi connectivity index (χ3n) is 3.76. The Bertz CT molecular complexity index is 286. The van der Waals surface area contributed by atoms with Crippen LogP contribution in [0.3, 0.4) is 0 Å². The molecule has 3 heteroatoms. The summed E-state index contributed by atoms with van der Waals surface area (Å²) in [4.78, 5) is 11.7. The normalized spacial score (nSPS) is 26.0. The standard InChI is InChI=1S/C14H24N2O/c17-14-13(8-4-5-10-16-14)15-11-9-12-6-2-1-3-7-12/h6,13,15H,1-5,7-11H2,(H,16,17). The summed E-state index contributed by atoms with van der Waals surface area (Å²) in [6.45, 7) is 1.80. The molecular formula is C14H24N2O. The summed E-state index contributed by atoms with van der Waals surface area (Å²) in [5.74, 6) is 0.195. The van der Waals surface area contributed by atoms with Crippen LogP contribution in [0.5, 0.6) is 0 Å². The number of carbonyl (C=O) groups excluding carboxylic acids is 1. The van der Waals surface area contributed by atoms with Crippen LogP contribution >= 0.6 is 0 Å². The smallest absolute Gasteiger partial charge is 0.237 e. The van der Waals surface area contributed by atoms with Crippen molar-refractivity contribution in [1.82, 2.24) is 10.6 Å². The maximum absolute atomic E-state index is 11.7. The fraction of sp³-hybridized carbons (Fsp3) is 0.786. The first-order valence-electron chi connectivity index (χ1n) is 7.05. The lowest BCUT2D eigenvalue weighted by molar-refractivity contribution is -0.122. The average Bonchev–Trinajstić information content (AvgIpc) is 2.56. The van der Waals surface area contributed by atoms with E-state index in [1.54, 1.807) is 5.57 Å². The molecule has 0 radical (unpaired) electrons. The molecule has 1 aliphatic heterocycles. The number of rotatable bonds is 4. The first kappa shape index (κ1) is 12.6. The van der Waals surface area contributed by atoms with Crippen LogP contribution in [-0.2, 0) is 4.79 Å². The fourth-order valence-corrected chi connectivity index (χ4v) is 2.67. The molecule has 0 spiro atoms. The zero-order valence-corrected chi connectivity index (χ0v) is 10.6. The van der Waals surface area contributed by atoms with Crippen molar-refractivity contribution < 1.29 is 4.79 Å². The van der Waals surface area contributed by atoms with E-state index >= 15 is 0 Å². The van der Waals surface area contributed by atoms with Gasteiger partial charge in [0.15, 0.2) is 0 Å². The van der Waals surface area contributed by atoms with Gasteiger partial charge in [-0.3, -0.25) is 4.79 Å². The Morgan fingerprint density at radius 2 is 2.24 bits per heavy atom. The van der Waals surface area contributed by atoms with E-state index in [0.717, 1.165) is 38.8 Å². The van der Waals surface area contributed by atoms with Gasteiger partial charge in [0.2, 0.25) is 5.91 Å². The van der Waals surface area contributed by atoms with E-state index < -0.39 is 0 Å². The van der Waals surface area contributed by atoms with Gasteiger partial charge in [-0.15, -0.1) is 0 Å². The van der Waals surface area contributed by atoms with Crippen LogP contribution in [0.1, 0.15) is 51.4 Å². The Balaban J connectivity index is 1.69. The van der Waals surface area contributed by atoms with Gasteiger partial charge >= 0.3 is 0 Å². The average molecular weight is 236 g/mol. The minimum absolute atomic E-state index is 0.0432. The molecule has 0 bridgehead atoms. The Kier molecular flexibility index (Phi) is 5.05. The zero-order chi connectivity index (χ0) is 11.9. The highest BCUT2D eigenvalue weighted by molar-refractivity contribution is 5.81. The van der Waals surface area contributed by atoms with Crippen LogP contribution in [-0.4, -0.2) is 25.0 Å². The summed E-state index contributed by atoms with van der Waals surface area (Å²) in [7, 11) is 0. The SMILES string of the molecule is O=C1NCCCCC1NCCC1=CCCCC1. The maximum atomic E-state index is 11.7. The van der Waals surface area contributed by atoms with E-state index in [2.05, 4.69) is 16.7 Å². The molecule has 1 amide bonds. The minimum atomic E-state index is 0.0432. The molecule has 2 rings (SSSR count). The summed E-state index contributed by atoms with van der Waals surface area (Å²) in [6.07, 6.45) is 12.0. The van der Waals surface area contributed by atoms with Gasteiger partial charge in [0.05, 0.1) is 6.04 Å². The molecule has 17 heavy (non-hydrogen) atoms. The van der Waals surface area contributed by atoms with Crippen molar-refractivity contribution in [3.63, 3.8) is 0 Å². The molecule has 96 valence electrons. The molecule has 1 aliphatic carbocycles.